The molecule has 1 amide bonds. The minimum absolute atomic E-state index is 0.0226. The maximum Gasteiger partial charge on any atom is 0.230 e. The lowest BCUT2D eigenvalue weighted by Crippen LogP contribution is -2.69. The zero-order valence-corrected chi connectivity index (χ0v) is 17.6. The van der Waals surface area contributed by atoms with Gasteiger partial charge in [-0.1, -0.05) is 0 Å². The van der Waals surface area contributed by atoms with Gasteiger partial charge in [-0.05, 0) is 39.4 Å². The number of amides is 1. The Kier molecular flexibility index (Phi) is 6.20. The van der Waals surface area contributed by atoms with Crippen molar-refractivity contribution in [1.82, 2.24) is 20.0 Å². The van der Waals surface area contributed by atoms with Crippen molar-refractivity contribution in [1.29, 1.82) is 0 Å². The van der Waals surface area contributed by atoms with Gasteiger partial charge >= 0.3 is 0 Å². The van der Waals surface area contributed by atoms with Gasteiger partial charge < -0.3 is 15.2 Å². The standard InChI is InChI=1S/C19H32N4O3S/c1-14-15(11-20-22(14)3)12-23-8-5-19(6-9-23)17(25)18(2,7-10-26-19)21-16(24)13-27-4/h11,17,25H,5-10,12-13H2,1-4H3,(H,21,24)/t17-,18+/m0/s1. The van der Waals surface area contributed by atoms with Crippen molar-refractivity contribution in [3.8, 4) is 0 Å². The average molecular weight is 397 g/mol. The number of aromatic nitrogens is 2. The fourth-order valence-corrected chi connectivity index (χ4v) is 4.66. The average Bonchev–Trinajstić information content (AvgIpc) is 2.94. The second kappa shape index (κ2) is 8.11. The Hall–Kier alpha value is -1.09. The summed E-state index contributed by atoms with van der Waals surface area (Å²) >= 11 is 1.49. The Morgan fingerprint density at radius 1 is 1.44 bits per heavy atom. The number of aliphatic hydroxyl groups is 1. The van der Waals surface area contributed by atoms with Crippen LogP contribution in [0.1, 0.15) is 37.4 Å². The molecule has 7 nitrogen and oxygen atoms in total. The van der Waals surface area contributed by atoms with E-state index in [0.29, 0.717) is 18.8 Å². The van der Waals surface area contributed by atoms with Gasteiger partial charge in [0.25, 0.3) is 0 Å². The summed E-state index contributed by atoms with van der Waals surface area (Å²) in [5.41, 5.74) is 1.23. The summed E-state index contributed by atoms with van der Waals surface area (Å²) in [7, 11) is 1.96. The lowest BCUT2D eigenvalue weighted by Gasteiger charge is -2.53. The first-order valence-corrected chi connectivity index (χ1v) is 11.0. The molecule has 1 aromatic rings. The smallest absolute Gasteiger partial charge is 0.230 e. The Morgan fingerprint density at radius 3 is 2.74 bits per heavy atom. The SMILES string of the molecule is CSCC(=O)N[C@]1(C)CCOC2(CCN(Cc3cnn(C)c3C)CC2)[C@H]1O. The first-order chi connectivity index (χ1) is 12.8. The molecule has 2 aliphatic heterocycles. The molecule has 0 radical (unpaired) electrons. The van der Waals surface area contributed by atoms with Gasteiger partial charge in [-0.3, -0.25) is 14.4 Å². The number of carbonyl (C=O) groups excluding carboxylic acids is 1. The van der Waals surface area contributed by atoms with E-state index in [1.807, 2.05) is 31.1 Å². The van der Waals surface area contributed by atoms with Crippen LogP contribution in [0, 0.1) is 6.92 Å². The predicted octanol–water partition coefficient (Wildman–Crippen LogP) is 1.08. The van der Waals surface area contributed by atoms with Crippen LogP contribution < -0.4 is 5.32 Å². The van der Waals surface area contributed by atoms with Crippen molar-refractivity contribution in [3.63, 3.8) is 0 Å². The van der Waals surface area contributed by atoms with Crippen molar-refractivity contribution in [2.24, 2.45) is 7.05 Å². The maximum atomic E-state index is 12.1. The molecule has 27 heavy (non-hydrogen) atoms. The van der Waals surface area contributed by atoms with Gasteiger partial charge in [-0.15, -0.1) is 0 Å². The molecule has 2 saturated heterocycles. The second-order valence-corrected chi connectivity index (χ2v) is 8.99. The quantitative estimate of drug-likeness (QED) is 0.775. The van der Waals surface area contributed by atoms with Gasteiger partial charge in [0.05, 0.1) is 23.1 Å². The highest BCUT2D eigenvalue weighted by Crippen LogP contribution is 2.40. The largest absolute Gasteiger partial charge is 0.388 e. The van der Waals surface area contributed by atoms with Gasteiger partial charge in [0, 0.05) is 44.5 Å². The van der Waals surface area contributed by atoms with Crippen LogP contribution in [0.25, 0.3) is 0 Å². The molecule has 2 aliphatic rings. The molecule has 3 rings (SSSR count). The number of thioether (sulfide) groups is 1. The van der Waals surface area contributed by atoms with Crippen molar-refractivity contribution >= 4 is 17.7 Å². The fraction of sp³-hybridized carbons (Fsp3) is 0.789. The third-order valence-electron chi connectivity index (χ3n) is 6.25. The van der Waals surface area contributed by atoms with Crippen molar-refractivity contribution < 1.29 is 14.6 Å². The molecule has 1 aromatic heterocycles. The number of nitrogens with one attached hydrogen (secondary N) is 1. The Morgan fingerprint density at radius 2 is 2.15 bits per heavy atom. The number of piperidine rings is 1. The van der Waals surface area contributed by atoms with Crippen LogP contribution in [0.2, 0.25) is 0 Å². The van der Waals surface area contributed by atoms with E-state index in [1.54, 1.807) is 0 Å². The van der Waals surface area contributed by atoms with Crippen LogP contribution in [0.15, 0.2) is 6.20 Å². The monoisotopic (exact) mass is 396 g/mol. The van der Waals surface area contributed by atoms with Crippen LogP contribution in [0.4, 0.5) is 0 Å². The highest BCUT2D eigenvalue weighted by molar-refractivity contribution is 7.99. The third-order valence-corrected chi connectivity index (χ3v) is 6.80. The van der Waals surface area contributed by atoms with E-state index in [-0.39, 0.29) is 5.91 Å². The molecular weight excluding hydrogens is 364 g/mol. The van der Waals surface area contributed by atoms with Gasteiger partial charge in [-0.2, -0.15) is 16.9 Å². The second-order valence-electron chi connectivity index (χ2n) is 8.12. The number of nitrogens with zero attached hydrogens (tertiary/aromatic N) is 3. The summed E-state index contributed by atoms with van der Waals surface area (Å²) < 4.78 is 8.03. The number of ether oxygens (including phenoxy) is 1. The Bertz CT molecular complexity index is 672. The van der Waals surface area contributed by atoms with Crippen LogP contribution in [0.3, 0.4) is 0 Å². The summed E-state index contributed by atoms with van der Waals surface area (Å²) in [6.07, 6.45) is 5.30. The van der Waals surface area contributed by atoms with Crippen LogP contribution >= 0.6 is 11.8 Å². The highest BCUT2D eigenvalue weighted by Gasteiger charge is 2.53. The normalized spacial score (nSPS) is 28.4. The van der Waals surface area contributed by atoms with Gasteiger partial charge in [-0.25, -0.2) is 0 Å². The summed E-state index contributed by atoms with van der Waals surface area (Å²) in [5, 5.41) is 18.6. The summed E-state index contributed by atoms with van der Waals surface area (Å²) in [6.45, 7) is 7.19. The number of likely N-dealkylation sites (tertiary alicyclic amines) is 1. The minimum atomic E-state index is -0.702. The molecule has 1 spiro atoms. The number of hydrogen-bond acceptors (Lipinski definition) is 6. The molecule has 2 atom stereocenters. The fourth-order valence-electron chi connectivity index (χ4n) is 4.33. The number of rotatable bonds is 5. The van der Waals surface area contributed by atoms with Crippen LogP contribution in [-0.4, -0.2) is 74.6 Å². The van der Waals surface area contributed by atoms with E-state index in [9.17, 15) is 9.90 Å². The zero-order chi connectivity index (χ0) is 19.7. The highest BCUT2D eigenvalue weighted by atomic mass is 32.2. The van der Waals surface area contributed by atoms with Crippen molar-refractivity contribution in [2.75, 3.05) is 31.7 Å². The molecule has 0 aliphatic carbocycles. The molecule has 0 saturated carbocycles. The number of aliphatic hydroxyl groups excluding tert-OH is 1. The number of carbonyl (C=O) groups is 1. The molecular formula is C19H32N4O3S. The van der Waals surface area contributed by atoms with Crippen molar-refractivity contribution in [3.05, 3.63) is 17.5 Å². The molecule has 0 bridgehead atoms. The Balaban J connectivity index is 1.63. The van der Waals surface area contributed by atoms with Gasteiger partial charge in [0.1, 0.15) is 6.10 Å². The summed E-state index contributed by atoms with van der Waals surface area (Å²) in [6, 6.07) is 0. The van der Waals surface area contributed by atoms with Crippen LogP contribution in [0.5, 0.6) is 0 Å². The van der Waals surface area contributed by atoms with E-state index >= 15 is 0 Å². The number of aryl methyl sites for hydroxylation is 1. The van der Waals surface area contributed by atoms with E-state index in [0.717, 1.165) is 32.5 Å². The zero-order valence-electron chi connectivity index (χ0n) is 16.8. The molecule has 2 fully saturated rings. The third kappa shape index (κ3) is 4.18. The van der Waals surface area contributed by atoms with Crippen molar-refractivity contribution in [2.45, 2.75) is 56.9 Å². The molecule has 8 heteroatoms. The summed E-state index contributed by atoms with van der Waals surface area (Å²) in [4.78, 5) is 14.5. The lowest BCUT2D eigenvalue weighted by atomic mass is 9.73. The topological polar surface area (TPSA) is 79.6 Å². The van der Waals surface area contributed by atoms with E-state index < -0.39 is 17.2 Å². The molecule has 2 N–H and O–H groups in total. The number of hydrogen-bond donors (Lipinski definition) is 2. The molecule has 3 heterocycles. The summed E-state index contributed by atoms with van der Waals surface area (Å²) in [5.74, 6) is 0.389. The van der Waals surface area contributed by atoms with E-state index in [1.165, 1.54) is 23.0 Å². The minimum Gasteiger partial charge on any atom is -0.388 e. The molecule has 0 unspecified atom stereocenters. The maximum absolute atomic E-state index is 12.1. The first kappa shape index (κ1) is 20.6. The van der Waals surface area contributed by atoms with E-state index in [4.69, 9.17) is 4.74 Å². The van der Waals surface area contributed by atoms with E-state index in [2.05, 4.69) is 22.2 Å². The van der Waals surface area contributed by atoms with Crippen LogP contribution in [-0.2, 0) is 23.1 Å². The molecule has 152 valence electrons. The predicted molar refractivity (Wildman–Crippen MR) is 107 cm³/mol. The Labute approximate surface area is 165 Å². The lowest BCUT2D eigenvalue weighted by molar-refractivity contribution is -0.208. The first-order valence-electron chi connectivity index (χ1n) is 9.61. The van der Waals surface area contributed by atoms with Gasteiger partial charge in [0.2, 0.25) is 5.91 Å². The van der Waals surface area contributed by atoms with Gasteiger partial charge in [0.15, 0.2) is 0 Å². The molecule has 0 aromatic carbocycles.